The molecule has 0 spiro atoms. The zero-order chi connectivity index (χ0) is 21.0. The highest BCUT2D eigenvalue weighted by Crippen LogP contribution is 2.25. The molecule has 0 amide bonds. The Hall–Kier alpha value is -3.78. The molecule has 8 heteroatoms. The first-order valence-electron chi connectivity index (χ1n) is 10.3. The van der Waals surface area contributed by atoms with Crippen molar-refractivity contribution < 1.29 is 4.74 Å². The number of anilines is 2. The van der Waals surface area contributed by atoms with Crippen molar-refractivity contribution in [2.24, 2.45) is 5.10 Å². The number of pyridine rings is 1. The zero-order valence-corrected chi connectivity index (χ0v) is 17.3. The quantitative estimate of drug-likeness (QED) is 0.399. The third-order valence-corrected chi connectivity index (χ3v) is 5.15. The van der Waals surface area contributed by atoms with Crippen LogP contribution in [0.1, 0.15) is 11.1 Å². The summed E-state index contributed by atoms with van der Waals surface area (Å²) in [6, 6.07) is 16.0. The summed E-state index contributed by atoms with van der Waals surface area (Å²) in [6.07, 6.45) is 5.33. The molecule has 5 rings (SSSR count). The van der Waals surface area contributed by atoms with Crippen molar-refractivity contribution in [3.63, 3.8) is 0 Å². The molecular weight excluding hydrogens is 390 g/mol. The van der Waals surface area contributed by atoms with Gasteiger partial charge in [0.15, 0.2) is 11.5 Å². The van der Waals surface area contributed by atoms with Gasteiger partial charge in [-0.05, 0) is 24.6 Å². The number of hydrogen-bond acceptors (Lipinski definition) is 7. The minimum absolute atomic E-state index is 0.666. The summed E-state index contributed by atoms with van der Waals surface area (Å²) in [5, 5.41) is 9.21. The molecule has 0 unspecified atom stereocenters. The number of fused-ring (bicyclic) bond motifs is 1. The van der Waals surface area contributed by atoms with Crippen LogP contribution in [0.5, 0.6) is 0 Å². The van der Waals surface area contributed by atoms with Gasteiger partial charge in [0.1, 0.15) is 5.82 Å². The number of aromatic nitrogens is 4. The van der Waals surface area contributed by atoms with E-state index in [0.29, 0.717) is 19.0 Å². The van der Waals surface area contributed by atoms with Gasteiger partial charge in [0.05, 0.1) is 25.1 Å². The van der Waals surface area contributed by atoms with Crippen molar-refractivity contribution in [3.05, 3.63) is 72.1 Å². The fraction of sp³-hybridized carbons (Fsp3) is 0.217. The van der Waals surface area contributed by atoms with Crippen LogP contribution in [0, 0.1) is 6.92 Å². The second-order valence-corrected chi connectivity index (χ2v) is 7.42. The minimum atomic E-state index is 0.666. The van der Waals surface area contributed by atoms with Gasteiger partial charge in [0.25, 0.3) is 0 Å². The fourth-order valence-electron chi connectivity index (χ4n) is 3.62. The monoisotopic (exact) mass is 413 g/mol. The SMILES string of the molecule is Cc1cccc(/C=N/Nc2cc(N3CCOCC3)n3nc(-c4ccncc4)cc3n2)c1. The molecule has 0 saturated carbocycles. The van der Waals surface area contributed by atoms with Crippen LogP contribution in [0.2, 0.25) is 0 Å². The van der Waals surface area contributed by atoms with Crippen LogP contribution in [0.3, 0.4) is 0 Å². The van der Waals surface area contributed by atoms with Crippen molar-refractivity contribution in [2.75, 3.05) is 36.6 Å². The van der Waals surface area contributed by atoms with E-state index in [1.165, 1.54) is 5.56 Å². The van der Waals surface area contributed by atoms with E-state index in [2.05, 4.69) is 39.5 Å². The first-order chi connectivity index (χ1) is 15.3. The summed E-state index contributed by atoms with van der Waals surface area (Å²) in [6.45, 7) is 5.05. The molecule has 1 aromatic carbocycles. The van der Waals surface area contributed by atoms with Crippen LogP contribution in [0.25, 0.3) is 16.9 Å². The van der Waals surface area contributed by atoms with Gasteiger partial charge in [-0.3, -0.25) is 10.4 Å². The molecule has 0 radical (unpaired) electrons. The van der Waals surface area contributed by atoms with Gasteiger partial charge in [-0.2, -0.15) is 14.7 Å². The maximum Gasteiger partial charge on any atom is 0.160 e. The van der Waals surface area contributed by atoms with E-state index >= 15 is 0 Å². The van der Waals surface area contributed by atoms with Gasteiger partial charge in [-0.15, -0.1) is 0 Å². The number of morpholine rings is 1. The molecular formula is C23H23N7O. The zero-order valence-electron chi connectivity index (χ0n) is 17.3. The summed E-state index contributed by atoms with van der Waals surface area (Å²) >= 11 is 0. The second kappa shape index (κ2) is 8.53. The van der Waals surface area contributed by atoms with Crippen LogP contribution in [-0.2, 0) is 4.74 Å². The highest BCUT2D eigenvalue weighted by atomic mass is 16.5. The van der Waals surface area contributed by atoms with Gasteiger partial charge >= 0.3 is 0 Å². The molecule has 156 valence electrons. The molecule has 4 heterocycles. The predicted molar refractivity (Wildman–Crippen MR) is 122 cm³/mol. The maximum absolute atomic E-state index is 5.53. The molecule has 0 atom stereocenters. The van der Waals surface area contributed by atoms with Crippen molar-refractivity contribution in [1.29, 1.82) is 0 Å². The van der Waals surface area contributed by atoms with Crippen LogP contribution in [0.15, 0.2) is 66.0 Å². The Bertz CT molecular complexity index is 1210. The van der Waals surface area contributed by atoms with Gasteiger partial charge in [-0.25, -0.2) is 4.98 Å². The lowest BCUT2D eigenvalue weighted by Gasteiger charge is -2.29. The van der Waals surface area contributed by atoms with E-state index < -0.39 is 0 Å². The summed E-state index contributed by atoms with van der Waals surface area (Å²) in [5.41, 5.74) is 7.92. The highest BCUT2D eigenvalue weighted by Gasteiger charge is 2.18. The summed E-state index contributed by atoms with van der Waals surface area (Å²) in [7, 11) is 0. The van der Waals surface area contributed by atoms with Crippen molar-refractivity contribution in [1.82, 2.24) is 19.6 Å². The molecule has 1 N–H and O–H groups in total. The molecule has 0 bridgehead atoms. The molecule has 1 saturated heterocycles. The van der Waals surface area contributed by atoms with E-state index in [4.69, 9.17) is 14.8 Å². The lowest BCUT2D eigenvalue weighted by molar-refractivity contribution is 0.122. The predicted octanol–water partition coefficient (Wildman–Crippen LogP) is 3.38. The molecule has 3 aromatic heterocycles. The van der Waals surface area contributed by atoms with Crippen molar-refractivity contribution >= 4 is 23.5 Å². The standard InChI is InChI=1S/C23H23N7O/c1-17-3-2-4-18(13-17)16-25-27-21-15-23(29-9-11-31-12-10-29)30-22(26-21)14-20(28-30)19-5-7-24-8-6-19/h2-8,13-16H,9-12H2,1H3,(H,26,27)/b25-16+. The van der Waals surface area contributed by atoms with Crippen LogP contribution in [-0.4, -0.2) is 52.1 Å². The number of hydrogen-bond donors (Lipinski definition) is 1. The Morgan fingerprint density at radius 1 is 1.06 bits per heavy atom. The lowest BCUT2D eigenvalue weighted by Crippen LogP contribution is -2.37. The molecule has 31 heavy (non-hydrogen) atoms. The third-order valence-electron chi connectivity index (χ3n) is 5.15. The lowest BCUT2D eigenvalue weighted by atomic mass is 10.2. The fourth-order valence-corrected chi connectivity index (χ4v) is 3.62. The minimum Gasteiger partial charge on any atom is -0.378 e. The van der Waals surface area contributed by atoms with E-state index in [1.807, 2.05) is 40.9 Å². The van der Waals surface area contributed by atoms with Crippen molar-refractivity contribution in [3.8, 4) is 11.3 Å². The van der Waals surface area contributed by atoms with E-state index in [1.54, 1.807) is 18.6 Å². The van der Waals surface area contributed by atoms with E-state index in [0.717, 1.165) is 41.4 Å². The number of rotatable bonds is 5. The van der Waals surface area contributed by atoms with Crippen molar-refractivity contribution in [2.45, 2.75) is 6.92 Å². The largest absolute Gasteiger partial charge is 0.378 e. The average molecular weight is 413 g/mol. The Labute approximate surface area is 180 Å². The number of nitrogens with one attached hydrogen (secondary N) is 1. The average Bonchev–Trinajstić information content (AvgIpc) is 3.24. The van der Waals surface area contributed by atoms with Crippen LogP contribution < -0.4 is 10.3 Å². The number of nitrogens with zero attached hydrogens (tertiary/aromatic N) is 6. The Morgan fingerprint density at radius 3 is 2.71 bits per heavy atom. The number of benzene rings is 1. The normalized spacial score (nSPS) is 14.4. The topological polar surface area (TPSA) is 79.9 Å². The first-order valence-corrected chi connectivity index (χ1v) is 10.3. The van der Waals surface area contributed by atoms with Crippen LogP contribution >= 0.6 is 0 Å². The summed E-state index contributed by atoms with van der Waals surface area (Å²) in [5.74, 6) is 1.63. The first kappa shape index (κ1) is 19.2. The van der Waals surface area contributed by atoms with Gasteiger partial charge < -0.3 is 9.64 Å². The Balaban J connectivity index is 1.50. The van der Waals surface area contributed by atoms with Gasteiger partial charge in [0, 0.05) is 43.2 Å². The maximum atomic E-state index is 5.53. The molecule has 8 nitrogen and oxygen atoms in total. The summed E-state index contributed by atoms with van der Waals surface area (Å²) in [4.78, 5) is 11.1. The van der Waals surface area contributed by atoms with Crippen LogP contribution in [0.4, 0.5) is 11.6 Å². The molecule has 0 aliphatic carbocycles. The number of ether oxygens (including phenoxy) is 1. The smallest absolute Gasteiger partial charge is 0.160 e. The van der Waals surface area contributed by atoms with E-state index in [-0.39, 0.29) is 0 Å². The van der Waals surface area contributed by atoms with E-state index in [9.17, 15) is 0 Å². The van der Waals surface area contributed by atoms with Gasteiger partial charge in [0.2, 0.25) is 0 Å². The molecule has 1 aliphatic rings. The Kier molecular flexibility index (Phi) is 5.28. The third kappa shape index (κ3) is 4.24. The highest BCUT2D eigenvalue weighted by molar-refractivity contribution is 5.80. The molecule has 1 fully saturated rings. The Morgan fingerprint density at radius 2 is 1.90 bits per heavy atom. The molecule has 4 aromatic rings. The number of aryl methyl sites for hydroxylation is 1. The second-order valence-electron chi connectivity index (χ2n) is 7.42. The van der Waals surface area contributed by atoms with Gasteiger partial charge in [-0.1, -0.05) is 29.8 Å². The number of hydrazone groups is 1. The molecule has 1 aliphatic heterocycles. The summed E-state index contributed by atoms with van der Waals surface area (Å²) < 4.78 is 7.41.